The molecule has 0 aliphatic rings. The van der Waals surface area contributed by atoms with E-state index in [1.54, 1.807) is 45.0 Å². The number of nitrogens with zero attached hydrogens (tertiary/aromatic N) is 1. The number of nitrogens with one attached hydrogen (secondary N) is 1. The van der Waals surface area contributed by atoms with Crippen LogP contribution in [0.2, 0.25) is 5.02 Å². The number of carboxylic acids is 1. The number of carbonyl (C=O) groups is 2. The molecule has 0 radical (unpaired) electrons. The largest absolute Gasteiger partial charge is 0.476 e. The zero-order chi connectivity index (χ0) is 17.2. The maximum atomic E-state index is 11.8. The zero-order valence-electron chi connectivity index (χ0n) is 12.7. The molecule has 2 aromatic rings. The molecule has 1 amide bonds. The molecule has 1 aromatic heterocycles. The van der Waals surface area contributed by atoms with Crippen LogP contribution in [0.15, 0.2) is 24.3 Å². The number of benzene rings is 1. The number of hydrogen-bond donors (Lipinski definition) is 2. The van der Waals surface area contributed by atoms with Crippen molar-refractivity contribution in [2.24, 2.45) is 0 Å². The molecule has 2 N–H and O–H groups in total. The van der Waals surface area contributed by atoms with Gasteiger partial charge >= 0.3 is 12.1 Å². The summed E-state index contributed by atoms with van der Waals surface area (Å²) < 4.78 is 5.12. The molecule has 6 nitrogen and oxygen atoms in total. The highest BCUT2D eigenvalue weighted by molar-refractivity contribution is 7.19. The van der Waals surface area contributed by atoms with E-state index in [1.165, 1.54) is 0 Å². The summed E-state index contributed by atoms with van der Waals surface area (Å²) >= 11 is 6.89. The van der Waals surface area contributed by atoms with Gasteiger partial charge in [-0.15, -0.1) is 0 Å². The summed E-state index contributed by atoms with van der Waals surface area (Å²) in [6.45, 7) is 5.20. The minimum atomic E-state index is -1.18. The van der Waals surface area contributed by atoms with Gasteiger partial charge in [-0.3, -0.25) is 5.32 Å². The summed E-state index contributed by atoms with van der Waals surface area (Å²) in [5.74, 6) is -1.18. The second-order valence-electron chi connectivity index (χ2n) is 5.64. The van der Waals surface area contributed by atoms with Gasteiger partial charge in [0.15, 0.2) is 10.8 Å². The van der Waals surface area contributed by atoms with Crippen LogP contribution in [0.4, 0.5) is 9.93 Å². The van der Waals surface area contributed by atoms with Crippen molar-refractivity contribution in [3.8, 4) is 10.4 Å². The van der Waals surface area contributed by atoms with E-state index in [2.05, 4.69) is 10.3 Å². The van der Waals surface area contributed by atoms with E-state index in [4.69, 9.17) is 16.3 Å². The highest BCUT2D eigenvalue weighted by atomic mass is 35.5. The van der Waals surface area contributed by atoms with Gasteiger partial charge in [0.05, 0.1) is 4.88 Å². The van der Waals surface area contributed by atoms with E-state index in [1.807, 2.05) is 0 Å². The average Bonchev–Trinajstić information content (AvgIpc) is 2.81. The first kappa shape index (κ1) is 17.2. The highest BCUT2D eigenvalue weighted by Crippen LogP contribution is 2.34. The molecule has 8 heteroatoms. The third-order valence-electron chi connectivity index (χ3n) is 2.54. The quantitative estimate of drug-likeness (QED) is 0.846. The second-order valence-corrected chi connectivity index (χ2v) is 7.07. The van der Waals surface area contributed by atoms with Crippen LogP contribution in [0.25, 0.3) is 10.4 Å². The van der Waals surface area contributed by atoms with Crippen LogP contribution in [0, 0.1) is 0 Å². The van der Waals surface area contributed by atoms with Crippen molar-refractivity contribution < 1.29 is 19.4 Å². The lowest BCUT2D eigenvalue weighted by molar-refractivity contribution is 0.0632. The van der Waals surface area contributed by atoms with E-state index >= 15 is 0 Å². The summed E-state index contributed by atoms with van der Waals surface area (Å²) in [6.07, 6.45) is -0.689. The van der Waals surface area contributed by atoms with Gasteiger partial charge in [-0.1, -0.05) is 35.1 Å². The molecule has 0 aliphatic heterocycles. The number of hydrogen-bond acceptors (Lipinski definition) is 5. The number of carbonyl (C=O) groups excluding carboxylic acids is 1. The first-order valence-corrected chi connectivity index (χ1v) is 7.85. The molecule has 0 saturated carbocycles. The van der Waals surface area contributed by atoms with E-state index in [9.17, 15) is 14.7 Å². The Morgan fingerprint density at radius 1 is 1.26 bits per heavy atom. The number of anilines is 1. The summed E-state index contributed by atoms with van der Waals surface area (Å²) in [5, 5.41) is 12.4. The van der Waals surface area contributed by atoms with Gasteiger partial charge in [-0.2, -0.15) is 0 Å². The molecule has 0 fully saturated rings. The molecule has 0 unspecified atom stereocenters. The third-order valence-corrected chi connectivity index (χ3v) is 3.82. The maximum absolute atomic E-state index is 11.8. The Balaban J connectivity index is 2.30. The van der Waals surface area contributed by atoms with Crippen LogP contribution in [0.3, 0.4) is 0 Å². The summed E-state index contributed by atoms with van der Waals surface area (Å²) in [7, 11) is 0. The van der Waals surface area contributed by atoms with E-state index in [-0.39, 0.29) is 10.8 Å². The molecule has 23 heavy (non-hydrogen) atoms. The third kappa shape index (κ3) is 4.67. The standard InChI is InChI=1S/C15H15ClN2O4S/c1-15(2,3)22-14(21)18-13-17-10(12(19)20)11(23-13)8-4-6-9(16)7-5-8/h4-7H,1-3H3,(H,19,20)(H,17,18,21). The lowest BCUT2D eigenvalue weighted by Gasteiger charge is -2.18. The van der Waals surface area contributed by atoms with Crippen LogP contribution in [0.5, 0.6) is 0 Å². The first-order chi connectivity index (χ1) is 10.7. The van der Waals surface area contributed by atoms with Crippen LogP contribution < -0.4 is 5.32 Å². The monoisotopic (exact) mass is 354 g/mol. The number of amides is 1. The van der Waals surface area contributed by atoms with Gasteiger partial charge in [-0.25, -0.2) is 14.6 Å². The van der Waals surface area contributed by atoms with Crippen molar-refractivity contribution in [1.82, 2.24) is 4.98 Å². The molecule has 122 valence electrons. The minimum Gasteiger partial charge on any atom is -0.476 e. The summed E-state index contributed by atoms with van der Waals surface area (Å²) in [5.41, 5.74) is -0.138. The van der Waals surface area contributed by atoms with Gasteiger partial charge in [0.2, 0.25) is 0 Å². The number of carboxylic acid groups (broad SMARTS) is 1. The Morgan fingerprint density at radius 3 is 2.39 bits per heavy atom. The summed E-state index contributed by atoms with van der Waals surface area (Å²) in [6, 6.07) is 6.70. The van der Waals surface area contributed by atoms with Crippen molar-refractivity contribution in [2.45, 2.75) is 26.4 Å². The predicted molar refractivity (Wildman–Crippen MR) is 89.4 cm³/mol. The van der Waals surface area contributed by atoms with Crippen molar-refractivity contribution in [3.05, 3.63) is 35.0 Å². The number of halogens is 1. The van der Waals surface area contributed by atoms with Crippen LogP contribution >= 0.6 is 22.9 Å². The average molecular weight is 355 g/mol. The molecule has 0 bridgehead atoms. The zero-order valence-corrected chi connectivity index (χ0v) is 14.3. The van der Waals surface area contributed by atoms with Gasteiger partial charge < -0.3 is 9.84 Å². The van der Waals surface area contributed by atoms with Gasteiger partial charge in [0, 0.05) is 5.02 Å². The van der Waals surface area contributed by atoms with E-state index in [0.29, 0.717) is 15.5 Å². The lowest BCUT2D eigenvalue weighted by atomic mass is 10.1. The SMILES string of the molecule is CC(C)(C)OC(=O)Nc1nc(C(=O)O)c(-c2ccc(Cl)cc2)s1. The molecule has 1 aromatic carbocycles. The number of ether oxygens (including phenoxy) is 1. The van der Waals surface area contributed by atoms with Gasteiger partial charge in [0.25, 0.3) is 0 Å². The maximum Gasteiger partial charge on any atom is 0.413 e. The Morgan fingerprint density at radius 2 is 1.87 bits per heavy atom. The molecule has 0 aliphatic carbocycles. The molecule has 1 heterocycles. The van der Waals surface area contributed by atoms with Crippen molar-refractivity contribution in [1.29, 1.82) is 0 Å². The minimum absolute atomic E-state index is 0.136. The normalized spacial score (nSPS) is 11.1. The Labute approximate surface area is 142 Å². The van der Waals surface area contributed by atoms with Gasteiger partial charge in [-0.05, 0) is 38.5 Å². The van der Waals surface area contributed by atoms with E-state index in [0.717, 1.165) is 11.3 Å². The molecule has 2 rings (SSSR count). The fourth-order valence-electron chi connectivity index (χ4n) is 1.71. The predicted octanol–water partition coefficient (Wildman–Crippen LogP) is 4.51. The second kappa shape index (κ2) is 6.55. The topological polar surface area (TPSA) is 88.5 Å². The number of thiazole rings is 1. The van der Waals surface area contributed by atoms with Crippen LogP contribution in [-0.4, -0.2) is 27.8 Å². The summed E-state index contributed by atoms with van der Waals surface area (Å²) in [4.78, 5) is 27.5. The number of aromatic nitrogens is 1. The van der Waals surface area contributed by atoms with Gasteiger partial charge in [0.1, 0.15) is 5.60 Å². The number of rotatable bonds is 3. The fraction of sp³-hybridized carbons (Fsp3) is 0.267. The fourth-order valence-corrected chi connectivity index (χ4v) is 2.78. The molecular weight excluding hydrogens is 340 g/mol. The van der Waals surface area contributed by atoms with Crippen LogP contribution in [0.1, 0.15) is 31.3 Å². The van der Waals surface area contributed by atoms with E-state index < -0.39 is 17.7 Å². The molecule has 0 spiro atoms. The Bertz CT molecular complexity index is 735. The molecule has 0 saturated heterocycles. The first-order valence-electron chi connectivity index (χ1n) is 6.66. The lowest BCUT2D eigenvalue weighted by Crippen LogP contribution is -2.27. The molecular formula is C15H15ClN2O4S. The van der Waals surface area contributed by atoms with Crippen molar-refractivity contribution in [2.75, 3.05) is 5.32 Å². The molecule has 0 atom stereocenters. The Kier molecular flexibility index (Phi) is 4.91. The Hall–Kier alpha value is -2.12. The van der Waals surface area contributed by atoms with Crippen molar-refractivity contribution in [3.63, 3.8) is 0 Å². The highest BCUT2D eigenvalue weighted by Gasteiger charge is 2.22. The van der Waals surface area contributed by atoms with Crippen molar-refractivity contribution >= 4 is 40.1 Å². The smallest absolute Gasteiger partial charge is 0.413 e. The van der Waals surface area contributed by atoms with Crippen LogP contribution in [-0.2, 0) is 4.74 Å². The number of aromatic carboxylic acids is 1.